The van der Waals surface area contributed by atoms with E-state index >= 15 is 0 Å². The number of rotatable bonds is 4. The van der Waals surface area contributed by atoms with Gasteiger partial charge in [0.2, 0.25) is 0 Å². The van der Waals surface area contributed by atoms with E-state index < -0.39 is 0 Å². The highest BCUT2D eigenvalue weighted by atomic mass is 32.1. The van der Waals surface area contributed by atoms with E-state index in [9.17, 15) is 0 Å². The van der Waals surface area contributed by atoms with Crippen LogP contribution in [0, 0.1) is 0 Å². The number of hydrogen-bond donors (Lipinski definition) is 2. The molecule has 0 saturated heterocycles. The standard InChI is InChI=1S/C12H12N4S2/c13-10(17)8-2-1-5-14-11(8)16-12-15-9(6-18-12)7-3-4-7/h1-2,5-7H,3-4H2,(H2,13,17)(H,14,15,16). The quantitative estimate of drug-likeness (QED) is 0.841. The number of thiazole rings is 1. The topological polar surface area (TPSA) is 63.8 Å². The van der Waals surface area contributed by atoms with Gasteiger partial charge in [0.1, 0.15) is 10.8 Å². The van der Waals surface area contributed by atoms with Crippen LogP contribution in [0.2, 0.25) is 0 Å². The Morgan fingerprint density at radius 2 is 2.33 bits per heavy atom. The third-order valence-electron chi connectivity index (χ3n) is 2.82. The Hall–Kier alpha value is -1.53. The number of pyridine rings is 1. The van der Waals surface area contributed by atoms with Gasteiger partial charge in [-0.2, -0.15) is 0 Å². The van der Waals surface area contributed by atoms with Crippen molar-refractivity contribution >= 4 is 39.5 Å². The van der Waals surface area contributed by atoms with E-state index in [0.29, 0.717) is 16.7 Å². The molecule has 0 unspecified atom stereocenters. The van der Waals surface area contributed by atoms with Crippen molar-refractivity contribution in [3.63, 3.8) is 0 Å². The van der Waals surface area contributed by atoms with Crippen molar-refractivity contribution in [3.05, 3.63) is 35.0 Å². The number of nitrogens with two attached hydrogens (primary N) is 1. The van der Waals surface area contributed by atoms with Crippen molar-refractivity contribution in [2.45, 2.75) is 18.8 Å². The van der Waals surface area contributed by atoms with E-state index in [1.807, 2.05) is 12.1 Å². The maximum Gasteiger partial charge on any atom is 0.188 e. The summed E-state index contributed by atoms with van der Waals surface area (Å²) in [6.45, 7) is 0. The van der Waals surface area contributed by atoms with Crippen molar-refractivity contribution in [1.29, 1.82) is 0 Å². The van der Waals surface area contributed by atoms with Gasteiger partial charge < -0.3 is 11.1 Å². The molecule has 0 radical (unpaired) electrons. The van der Waals surface area contributed by atoms with Crippen molar-refractivity contribution < 1.29 is 0 Å². The average Bonchev–Trinajstić information content (AvgIpc) is 3.11. The molecule has 1 aliphatic carbocycles. The van der Waals surface area contributed by atoms with Gasteiger partial charge >= 0.3 is 0 Å². The van der Waals surface area contributed by atoms with Gasteiger partial charge in [-0.1, -0.05) is 12.2 Å². The molecule has 6 heteroatoms. The van der Waals surface area contributed by atoms with Crippen LogP contribution in [0.25, 0.3) is 0 Å². The minimum absolute atomic E-state index is 0.338. The van der Waals surface area contributed by atoms with Crippen LogP contribution in [0.1, 0.15) is 30.0 Å². The highest BCUT2D eigenvalue weighted by Crippen LogP contribution is 2.41. The molecular formula is C12H12N4S2. The van der Waals surface area contributed by atoms with Crippen LogP contribution in [0.3, 0.4) is 0 Å². The summed E-state index contributed by atoms with van der Waals surface area (Å²) in [4.78, 5) is 9.14. The number of anilines is 2. The second-order valence-electron chi connectivity index (χ2n) is 4.24. The van der Waals surface area contributed by atoms with Gasteiger partial charge in [0.25, 0.3) is 0 Å². The van der Waals surface area contributed by atoms with Gasteiger partial charge in [0.15, 0.2) is 5.13 Å². The molecule has 2 aromatic rings. The molecule has 2 heterocycles. The summed E-state index contributed by atoms with van der Waals surface area (Å²) >= 11 is 6.59. The first kappa shape index (κ1) is 11.6. The maximum absolute atomic E-state index is 5.67. The average molecular weight is 276 g/mol. The minimum Gasteiger partial charge on any atom is -0.389 e. The molecule has 1 saturated carbocycles. The fourth-order valence-corrected chi connectivity index (χ4v) is 2.67. The van der Waals surface area contributed by atoms with Crippen LogP contribution in [-0.2, 0) is 0 Å². The number of aromatic nitrogens is 2. The molecule has 3 N–H and O–H groups in total. The molecule has 0 aliphatic heterocycles. The second kappa shape index (κ2) is 4.62. The molecule has 1 aliphatic rings. The summed E-state index contributed by atoms with van der Waals surface area (Å²) in [6.07, 6.45) is 4.22. The summed E-state index contributed by atoms with van der Waals surface area (Å²) in [5, 5.41) is 6.13. The van der Waals surface area contributed by atoms with Crippen molar-refractivity contribution in [3.8, 4) is 0 Å². The van der Waals surface area contributed by atoms with Gasteiger partial charge in [-0.05, 0) is 25.0 Å². The second-order valence-corrected chi connectivity index (χ2v) is 5.54. The van der Waals surface area contributed by atoms with Gasteiger partial charge in [0, 0.05) is 17.5 Å². The zero-order valence-corrected chi connectivity index (χ0v) is 11.2. The van der Waals surface area contributed by atoms with Crippen LogP contribution in [-0.4, -0.2) is 15.0 Å². The van der Waals surface area contributed by atoms with Crippen molar-refractivity contribution in [2.24, 2.45) is 5.73 Å². The monoisotopic (exact) mass is 276 g/mol. The normalized spacial score (nSPS) is 14.4. The van der Waals surface area contributed by atoms with Crippen LogP contribution >= 0.6 is 23.6 Å². The van der Waals surface area contributed by atoms with Gasteiger partial charge in [-0.15, -0.1) is 11.3 Å². The Morgan fingerprint density at radius 3 is 3.06 bits per heavy atom. The molecule has 3 rings (SSSR count). The van der Waals surface area contributed by atoms with Crippen LogP contribution < -0.4 is 11.1 Å². The SMILES string of the molecule is NC(=S)c1cccnc1Nc1nc(C2CC2)cs1. The lowest BCUT2D eigenvalue weighted by Crippen LogP contribution is -2.12. The first-order valence-electron chi connectivity index (χ1n) is 5.71. The maximum atomic E-state index is 5.67. The molecule has 0 bridgehead atoms. The Balaban J connectivity index is 1.84. The van der Waals surface area contributed by atoms with Crippen molar-refractivity contribution in [2.75, 3.05) is 5.32 Å². The summed E-state index contributed by atoms with van der Waals surface area (Å²) in [5.41, 5.74) is 7.59. The number of nitrogens with zero attached hydrogens (tertiary/aromatic N) is 2. The van der Waals surface area contributed by atoms with Crippen LogP contribution in [0.15, 0.2) is 23.7 Å². The molecule has 0 atom stereocenters. The zero-order chi connectivity index (χ0) is 12.5. The van der Waals surface area contributed by atoms with Gasteiger partial charge in [-0.3, -0.25) is 0 Å². The van der Waals surface area contributed by atoms with E-state index in [1.54, 1.807) is 17.5 Å². The number of nitrogens with one attached hydrogen (secondary N) is 1. The van der Waals surface area contributed by atoms with E-state index in [-0.39, 0.29) is 0 Å². The molecular weight excluding hydrogens is 264 g/mol. The summed E-state index contributed by atoms with van der Waals surface area (Å²) in [7, 11) is 0. The Labute approximate surface area is 114 Å². The smallest absolute Gasteiger partial charge is 0.188 e. The predicted octanol–water partition coefficient (Wildman–Crippen LogP) is 2.79. The first-order valence-corrected chi connectivity index (χ1v) is 7.00. The molecule has 4 nitrogen and oxygen atoms in total. The molecule has 0 amide bonds. The Bertz CT molecular complexity index is 589. The molecule has 18 heavy (non-hydrogen) atoms. The lowest BCUT2D eigenvalue weighted by Gasteiger charge is -2.06. The molecule has 0 aromatic carbocycles. The fourth-order valence-electron chi connectivity index (χ4n) is 1.72. The third kappa shape index (κ3) is 2.34. The van der Waals surface area contributed by atoms with Crippen LogP contribution in [0.5, 0.6) is 0 Å². The number of hydrogen-bond acceptors (Lipinski definition) is 5. The first-order chi connectivity index (χ1) is 8.74. The van der Waals surface area contributed by atoms with E-state index in [1.165, 1.54) is 18.5 Å². The fraction of sp³-hybridized carbons (Fsp3) is 0.250. The van der Waals surface area contributed by atoms with E-state index in [2.05, 4.69) is 20.7 Å². The predicted molar refractivity (Wildman–Crippen MR) is 77.5 cm³/mol. The highest BCUT2D eigenvalue weighted by molar-refractivity contribution is 7.80. The Morgan fingerprint density at radius 1 is 1.50 bits per heavy atom. The van der Waals surface area contributed by atoms with E-state index in [4.69, 9.17) is 18.0 Å². The summed E-state index contributed by atoms with van der Waals surface area (Å²) in [6, 6.07) is 3.67. The summed E-state index contributed by atoms with van der Waals surface area (Å²) < 4.78 is 0. The molecule has 0 spiro atoms. The lowest BCUT2D eigenvalue weighted by molar-refractivity contribution is 1.05. The Kier molecular flexibility index (Phi) is 2.97. The van der Waals surface area contributed by atoms with E-state index in [0.717, 1.165) is 10.7 Å². The summed E-state index contributed by atoms with van der Waals surface area (Å²) in [5.74, 6) is 1.33. The third-order valence-corrected chi connectivity index (χ3v) is 3.81. The zero-order valence-electron chi connectivity index (χ0n) is 9.59. The van der Waals surface area contributed by atoms with Gasteiger partial charge in [-0.25, -0.2) is 9.97 Å². The lowest BCUT2D eigenvalue weighted by atomic mass is 10.2. The van der Waals surface area contributed by atoms with Crippen LogP contribution in [0.4, 0.5) is 10.9 Å². The molecule has 2 aromatic heterocycles. The molecule has 1 fully saturated rings. The minimum atomic E-state index is 0.338. The highest BCUT2D eigenvalue weighted by Gasteiger charge is 2.26. The largest absolute Gasteiger partial charge is 0.389 e. The van der Waals surface area contributed by atoms with Gasteiger partial charge in [0.05, 0.1) is 11.3 Å². The molecule has 92 valence electrons. The van der Waals surface area contributed by atoms with Crippen molar-refractivity contribution in [1.82, 2.24) is 9.97 Å². The number of thiocarbonyl (C=S) groups is 1.